The molecule has 1 aromatic rings. The predicted octanol–water partition coefficient (Wildman–Crippen LogP) is 4.54. The maximum Gasteiger partial charge on any atom is 0.123 e. The van der Waals surface area contributed by atoms with Crippen molar-refractivity contribution in [1.82, 2.24) is 0 Å². The maximum atomic E-state index is 13.0. The Bertz CT molecular complexity index is 497. The van der Waals surface area contributed by atoms with Crippen LogP contribution in [0.1, 0.15) is 65.4 Å². The van der Waals surface area contributed by atoms with Crippen LogP contribution < -0.4 is 5.32 Å². The predicted molar refractivity (Wildman–Crippen MR) is 102 cm³/mol. The number of quaternary nitrogens is 1. The van der Waals surface area contributed by atoms with Crippen LogP contribution in [0.2, 0.25) is 0 Å². The standard InChI is InChI=1S/C22H36FNO/c1-17(2)5-8-19(20-12-14-25-22(3,4)15-20)11-13-24-16-18-6-9-21(23)10-7-18/h6-7,9-10,17,19-20,24H,5,8,11-16H2,1-4H3/p+1/t19-,20+/m1/s1. The fourth-order valence-corrected chi connectivity index (χ4v) is 4.07. The number of ether oxygens (including phenoxy) is 1. The largest absolute Gasteiger partial charge is 0.376 e. The van der Waals surface area contributed by atoms with Crippen LogP contribution in [0.25, 0.3) is 0 Å². The molecule has 142 valence electrons. The number of halogens is 1. The Labute approximate surface area is 153 Å². The summed E-state index contributed by atoms with van der Waals surface area (Å²) in [5.41, 5.74) is 1.24. The quantitative estimate of drug-likeness (QED) is 0.650. The van der Waals surface area contributed by atoms with E-state index in [9.17, 15) is 4.39 Å². The fraction of sp³-hybridized carbons (Fsp3) is 0.727. The Kier molecular flexibility index (Phi) is 7.89. The highest BCUT2D eigenvalue weighted by Crippen LogP contribution is 2.37. The van der Waals surface area contributed by atoms with E-state index in [1.807, 2.05) is 12.1 Å². The van der Waals surface area contributed by atoms with Gasteiger partial charge in [-0.05, 0) is 69.4 Å². The molecular formula is C22H37FNO+. The molecule has 2 nitrogen and oxygen atoms in total. The zero-order valence-electron chi connectivity index (χ0n) is 16.6. The minimum absolute atomic E-state index is 0.0385. The summed E-state index contributed by atoms with van der Waals surface area (Å²) in [4.78, 5) is 0. The second-order valence-corrected chi connectivity index (χ2v) is 8.79. The van der Waals surface area contributed by atoms with Gasteiger partial charge in [0.1, 0.15) is 12.4 Å². The van der Waals surface area contributed by atoms with Crippen LogP contribution in [-0.2, 0) is 11.3 Å². The van der Waals surface area contributed by atoms with Crippen molar-refractivity contribution in [3.05, 3.63) is 35.6 Å². The molecule has 0 bridgehead atoms. The summed E-state index contributed by atoms with van der Waals surface area (Å²) in [7, 11) is 0. The normalized spacial score (nSPS) is 21.4. The van der Waals surface area contributed by atoms with E-state index in [-0.39, 0.29) is 11.4 Å². The van der Waals surface area contributed by atoms with E-state index in [1.54, 1.807) is 12.1 Å². The Morgan fingerprint density at radius 2 is 1.88 bits per heavy atom. The molecule has 2 rings (SSSR count). The van der Waals surface area contributed by atoms with Crippen LogP contribution in [0.3, 0.4) is 0 Å². The van der Waals surface area contributed by atoms with Gasteiger partial charge in [-0.15, -0.1) is 0 Å². The topological polar surface area (TPSA) is 25.8 Å². The minimum atomic E-state index is -0.153. The molecule has 0 spiro atoms. The van der Waals surface area contributed by atoms with Crippen LogP contribution in [0, 0.1) is 23.6 Å². The van der Waals surface area contributed by atoms with Gasteiger partial charge in [0.25, 0.3) is 0 Å². The molecule has 3 heteroatoms. The molecule has 0 aromatic heterocycles. The van der Waals surface area contributed by atoms with E-state index in [2.05, 4.69) is 33.0 Å². The van der Waals surface area contributed by atoms with E-state index in [0.717, 1.165) is 37.5 Å². The average molecular weight is 351 g/mol. The second kappa shape index (κ2) is 9.68. The summed E-state index contributed by atoms with van der Waals surface area (Å²) in [5, 5.41) is 2.38. The summed E-state index contributed by atoms with van der Waals surface area (Å²) in [6, 6.07) is 6.89. The highest BCUT2D eigenvalue weighted by atomic mass is 19.1. The fourth-order valence-electron chi connectivity index (χ4n) is 4.07. The smallest absolute Gasteiger partial charge is 0.123 e. The van der Waals surface area contributed by atoms with Gasteiger partial charge in [0.15, 0.2) is 0 Å². The monoisotopic (exact) mass is 350 g/mol. The number of hydrogen-bond acceptors (Lipinski definition) is 1. The van der Waals surface area contributed by atoms with Gasteiger partial charge >= 0.3 is 0 Å². The van der Waals surface area contributed by atoms with Gasteiger partial charge in [-0.3, -0.25) is 0 Å². The van der Waals surface area contributed by atoms with Gasteiger partial charge in [-0.2, -0.15) is 0 Å². The molecule has 2 N–H and O–H groups in total. The van der Waals surface area contributed by atoms with Crippen molar-refractivity contribution in [3.63, 3.8) is 0 Å². The number of nitrogens with two attached hydrogens (primary N) is 1. The molecule has 0 radical (unpaired) electrons. The maximum absolute atomic E-state index is 13.0. The molecule has 0 unspecified atom stereocenters. The molecule has 1 saturated heterocycles. The van der Waals surface area contributed by atoms with Gasteiger partial charge < -0.3 is 10.1 Å². The molecule has 0 amide bonds. The molecule has 2 atom stereocenters. The van der Waals surface area contributed by atoms with Crippen molar-refractivity contribution >= 4 is 0 Å². The lowest BCUT2D eigenvalue weighted by atomic mass is 9.75. The first-order valence-corrected chi connectivity index (χ1v) is 10.1. The second-order valence-electron chi connectivity index (χ2n) is 8.79. The van der Waals surface area contributed by atoms with E-state index >= 15 is 0 Å². The molecular weight excluding hydrogens is 313 g/mol. The van der Waals surface area contributed by atoms with Gasteiger partial charge in [-0.25, -0.2) is 4.39 Å². The average Bonchev–Trinajstić information content (AvgIpc) is 2.54. The lowest BCUT2D eigenvalue weighted by Gasteiger charge is -2.39. The van der Waals surface area contributed by atoms with Gasteiger partial charge in [-0.1, -0.05) is 32.4 Å². The highest BCUT2D eigenvalue weighted by Gasteiger charge is 2.33. The number of rotatable bonds is 9. The van der Waals surface area contributed by atoms with Crippen LogP contribution in [-0.4, -0.2) is 18.8 Å². The Morgan fingerprint density at radius 3 is 2.52 bits per heavy atom. The van der Waals surface area contributed by atoms with Gasteiger partial charge in [0, 0.05) is 12.2 Å². The molecule has 1 heterocycles. The first kappa shape index (κ1) is 20.4. The summed E-state index contributed by atoms with van der Waals surface area (Å²) in [6.45, 7) is 12.1. The molecule has 1 aliphatic rings. The summed E-state index contributed by atoms with van der Waals surface area (Å²) in [5.74, 6) is 2.22. The molecule has 0 saturated carbocycles. The zero-order valence-corrected chi connectivity index (χ0v) is 16.6. The third-order valence-corrected chi connectivity index (χ3v) is 5.55. The number of benzene rings is 1. The molecule has 25 heavy (non-hydrogen) atoms. The molecule has 1 aliphatic heterocycles. The SMILES string of the molecule is CC(C)CC[C@H](CC[NH2+]Cc1ccc(F)cc1)[C@H]1CCOC(C)(C)C1. The number of hydrogen-bond donors (Lipinski definition) is 1. The first-order chi connectivity index (χ1) is 11.9. The lowest BCUT2D eigenvalue weighted by Crippen LogP contribution is -2.82. The van der Waals surface area contributed by atoms with E-state index in [0.29, 0.717) is 0 Å². The molecule has 1 fully saturated rings. The molecule has 0 aliphatic carbocycles. The Balaban J connectivity index is 1.81. The van der Waals surface area contributed by atoms with Crippen molar-refractivity contribution in [2.24, 2.45) is 17.8 Å². The Morgan fingerprint density at radius 1 is 1.16 bits per heavy atom. The highest BCUT2D eigenvalue weighted by molar-refractivity contribution is 5.14. The van der Waals surface area contributed by atoms with Crippen LogP contribution in [0.15, 0.2) is 24.3 Å². The zero-order chi connectivity index (χ0) is 18.3. The van der Waals surface area contributed by atoms with Crippen LogP contribution in [0.4, 0.5) is 4.39 Å². The van der Waals surface area contributed by atoms with Gasteiger partial charge in [0.05, 0.1) is 12.1 Å². The van der Waals surface area contributed by atoms with Crippen molar-refractivity contribution < 1.29 is 14.4 Å². The summed E-state index contributed by atoms with van der Waals surface area (Å²) in [6.07, 6.45) is 6.33. The van der Waals surface area contributed by atoms with Crippen molar-refractivity contribution in [2.75, 3.05) is 13.2 Å². The van der Waals surface area contributed by atoms with E-state index in [4.69, 9.17) is 4.74 Å². The third kappa shape index (κ3) is 7.45. The van der Waals surface area contributed by atoms with Crippen LogP contribution >= 0.6 is 0 Å². The third-order valence-electron chi connectivity index (χ3n) is 5.55. The van der Waals surface area contributed by atoms with E-state index in [1.165, 1.54) is 37.7 Å². The van der Waals surface area contributed by atoms with Crippen molar-refractivity contribution in [3.8, 4) is 0 Å². The lowest BCUT2D eigenvalue weighted by molar-refractivity contribution is -0.671. The summed E-state index contributed by atoms with van der Waals surface area (Å²) >= 11 is 0. The van der Waals surface area contributed by atoms with Gasteiger partial charge in [0.2, 0.25) is 0 Å². The first-order valence-electron chi connectivity index (χ1n) is 10.1. The van der Waals surface area contributed by atoms with Crippen molar-refractivity contribution in [1.29, 1.82) is 0 Å². The van der Waals surface area contributed by atoms with Crippen molar-refractivity contribution in [2.45, 2.75) is 71.9 Å². The van der Waals surface area contributed by atoms with E-state index < -0.39 is 0 Å². The Hall–Kier alpha value is -0.930. The molecule has 1 aromatic carbocycles. The minimum Gasteiger partial charge on any atom is -0.376 e. The van der Waals surface area contributed by atoms with Crippen LogP contribution in [0.5, 0.6) is 0 Å². The summed E-state index contributed by atoms with van der Waals surface area (Å²) < 4.78 is 18.9.